The highest BCUT2D eigenvalue weighted by Crippen LogP contribution is 2.30. The molecule has 0 radical (unpaired) electrons. The van der Waals surface area contributed by atoms with E-state index in [1.54, 1.807) is 48.5 Å². The van der Waals surface area contributed by atoms with E-state index in [-0.39, 0.29) is 5.43 Å². The molecule has 0 amide bonds. The first-order valence-corrected chi connectivity index (χ1v) is 6.62. The number of carbonyl (C=O) groups is 1. The standard InChI is InChI=1S/C17H12O5/c18-13-9-16(22-15-8-4-1-5-11(13)15)12-6-2-3-7-14(12)21-10-17(19)20/h1-9H,10H2,(H,19,20). The lowest BCUT2D eigenvalue weighted by Crippen LogP contribution is -2.10. The topological polar surface area (TPSA) is 76.7 Å². The molecule has 5 heteroatoms. The largest absolute Gasteiger partial charge is 0.481 e. The fourth-order valence-electron chi connectivity index (χ4n) is 2.17. The van der Waals surface area contributed by atoms with E-state index in [1.807, 2.05) is 0 Å². The van der Waals surface area contributed by atoms with Gasteiger partial charge in [0.1, 0.15) is 17.1 Å². The first-order chi connectivity index (χ1) is 10.6. The monoisotopic (exact) mass is 296 g/mol. The number of aliphatic carboxylic acids is 1. The summed E-state index contributed by atoms with van der Waals surface area (Å²) in [6, 6.07) is 15.2. The highest BCUT2D eigenvalue weighted by molar-refractivity contribution is 5.79. The van der Waals surface area contributed by atoms with Crippen LogP contribution in [0.25, 0.3) is 22.3 Å². The van der Waals surface area contributed by atoms with E-state index < -0.39 is 12.6 Å². The molecule has 0 unspecified atom stereocenters. The number of fused-ring (bicyclic) bond motifs is 1. The molecule has 3 rings (SSSR count). The molecule has 0 aliphatic heterocycles. The Hall–Kier alpha value is -3.08. The maximum atomic E-state index is 12.2. The SMILES string of the molecule is O=C(O)COc1ccccc1-c1cc(=O)c2ccccc2o1. The second-order valence-electron chi connectivity index (χ2n) is 4.65. The predicted molar refractivity (Wildman–Crippen MR) is 81.1 cm³/mol. The van der Waals surface area contributed by atoms with Gasteiger partial charge in [-0.15, -0.1) is 0 Å². The zero-order chi connectivity index (χ0) is 15.5. The number of para-hydroxylation sites is 2. The first kappa shape index (κ1) is 13.9. The molecule has 0 aliphatic rings. The first-order valence-electron chi connectivity index (χ1n) is 6.62. The molecule has 0 saturated carbocycles. The Labute approximate surface area is 125 Å². The molecule has 0 spiro atoms. The normalized spacial score (nSPS) is 10.5. The average molecular weight is 296 g/mol. The molecule has 0 aliphatic carbocycles. The van der Waals surface area contributed by atoms with Gasteiger partial charge >= 0.3 is 5.97 Å². The minimum atomic E-state index is -1.07. The van der Waals surface area contributed by atoms with Crippen molar-refractivity contribution in [3.8, 4) is 17.1 Å². The minimum absolute atomic E-state index is 0.162. The van der Waals surface area contributed by atoms with Crippen molar-refractivity contribution >= 4 is 16.9 Å². The van der Waals surface area contributed by atoms with Crippen molar-refractivity contribution in [3.05, 3.63) is 64.8 Å². The van der Waals surface area contributed by atoms with E-state index in [2.05, 4.69) is 0 Å². The van der Waals surface area contributed by atoms with Gasteiger partial charge in [0.2, 0.25) is 0 Å². The quantitative estimate of drug-likeness (QED) is 0.801. The summed E-state index contributed by atoms with van der Waals surface area (Å²) >= 11 is 0. The van der Waals surface area contributed by atoms with Gasteiger partial charge in [0.15, 0.2) is 12.0 Å². The Balaban J connectivity index is 2.11. The van der Waals surface area contributed by atoms with Gasteiger partial charge in [0.25, 0.3) is 0 Å². The third kappa shape index (κ3) is 2.69. The Kier molecular flexibility index (Phi) is 3.62. The van der Waals surface area contributed by atoms with Crippen LogP contribution in [0, 0.1) is 0 Å². The molecule has 0 bridgehead atoms. The van der Waals surface area contributed by atoms with Crippen LogP contribution in [0.5, 0.6) is 5.75 Å². The smallest absolute Gasteiger partial charge is 0.341 e. The van der Waals surface area contributed by atoms with Crippen molar-refractivity contribution in [3.63, 3.8) is 0 Å². The molecule has 1 heterocycles. The molecule has 0 atom stereocenters. The fraction of sp³-hybridized carbons (Fsp3) is 0.0588. The van der Waals surface area contributed by atoms with Crippen LogP contribution in [0.4, 0.5) is 0 Å². The summed E-state index contributed by atoms with van der Waals surface area (Å²) in [6.45, 7) is -0.463. The summed E-state index contributed by atoms with van der Waals surface area (Å²) in [5.74, 6) is -0.386. The van der Waals surface area contributed by atoms with Crippen LogP contribution in [0.1, 0.15) is 0 Å². The Bertz CT molecular complexity index is 895. The molecule has 1 N–H and O–H groups in total. The van der Waals surface area contributed by atoms with Crippen LogP contribution in [0.15, 0.2) is 63.8 Å². The Morgan fingerprint density at radius 3 is 2.64 bits per heavy atom. The molecular weight excluding hydrogens is 284 g/mol. The highest BCUT2D eigenvalue weighted by atomic mass is 16.5. The lowest BCUT2D eigenvalue weighted by molar-refractivity contribution is -0.139. The van der Waals surface area contributed by atoms with E-state index in [1.165, 1.54) is 6.07 Å². The van der Waals surface area contributed by atoms with Gasteiger partial charge in [-0.2, -0.15) is 0 Å². The van der Waals surface area contributed by atoms with Crippen molar-refractivity contribution in [2.75, 3.05) is 6.61 Å². The molecule has 2 aromatic carbocycles. The predicted octanol–water partition coefficient (Wildman–Crippen LogP) is 2.92. The average Bonchev–Trinajstić information content (AvgIpc) is 2.53. The summed E-state index contributed by atoms with van der Waals surface area (Å²) in [7, 11) is 0. The van der Waals surface area contributed by atoms with Crippen LogP contribution in [-0.4, -0.2) is 17.7 Å². The molecule has 110 valence electrons. The summed E-state index contributed by atoms with van der Waals surface area (Å²) in [5, 5.41) is 9.22. The van der Waals surface area contributed by atoms with Crippen LogP contribution in [-0.2, 0) is 4.79 Å². The third-order valence-corrected chi connectivity index (χ3v) is 3.14. The number of hydrogen-bond acceptors (Lipinski definition) is 4. The second kappa shape index (κ2) is 5.73. The van der Waals surface area contributed by atoms with Crippen LogP contribution in [0.2, 0.25) is 0 Å². The molecule has 0 saturated heterocycles. The molecular formula is C17H12O5. The summed E-state index contributed by atoms with van der Waals surface area (Å²) in [5.41, 5.74) is 0.842. The van der Waals surface area contributed by atoms with Gasteiger partial charge in [0.05, 0.1) is 10.9 Å². The van der Waals surface area contributed by atoms with E-state index in [0.717, 1.165) is 0 Å². The van der Waals surface area contributed by atoms with Crippen molar-refractivity contribution in [2.24, 2.45) is 0 Å². The summed E-state index contributed by atoms with van der Waals surface area (Å²) < 4.78 is 11.0. The molecule has 3 aromatic rings. The third-order valence-electron chi connectivity index (χ3n) is 3.14. The minimum Gasteiger partial charge on any atom is -0.481 e. The van der Waals surface area contributed by atoms with Gasteiger partial charge in [0, 0.05) is 6.07 Å². The van der Waals surface area contributed by atoms with Gasteiger partial charge in [-0.25, -0.2) is 4.79 Å². The highest BCUT2D eigenvalue weighted by Gasteiger charge is 2.12. The molecule has 22 heavy (non-hydrogen) atoms. The number of hydrogen-bond donors (Lipinski definition) is 1. The molecule has 1 aromatic heterocycles. The van der Waals surface area contributed by atoms with Gasteiger partial charge in [-0.05, 0) is 24.3 Å². The zero-order valence-electron chi connectivity index (χ0n) is 11.5. The van der Waals surface area contributed by atoms with Crippen molar-refractivity contribution in [1.82, 2.24) is 0 Å². The van der Waals surface area contributed by atoms with Gasteiger partial charge in [-0.3, -0.25) is 4.79 Å². The van der Waals surface area contributed by atoms with Crippen molar-refractivity contribution < 1.29 is 19.1 Å². The van der Waals surface area contributed by atoms with Gasteiger partial charge in [-0.1, -0.05) is 24.3 Å². The maximum absolute atomic E-state index is 12.2. The van der Waals surface area contributed by atoms with E-state index in [9.17, 15) is 9.59 Å². The summed E-state index contributed by atoms with van der Waals surface area (Å²) in [4.78, 5) is 22.8. The molecule has 5 nitrogen and oxygen atoms in total. The Morgan fingerprint density at radius 2 is 1.82 bits per heavy atom. The van der Waals surface area contributed by atoms with E-state index >= 15 is 0 Å². The number of ether oxygens (including phenoxy) is 1. The van der Waals surface area contributed by atoms with Gasteiger partial charge < -0.3 is 14.3 Å². The Morgan fingerprint density at radius 1 is 1.09 bits per heavy atom. The second-order valence-corrected chi connectivity index (χ2v) is 4.65. The zero-order valence-corrected chi connectivity index (χ0v) is 11.5. The van der Waals surface area contributed by atoms with Crippen LogP contribution < -0.4 is 10.2 Å². The lowest BCUT2D eigenvalue weighted by atomic mass is 10.1. The van der Waals surface area contributed by atoms with E-state index in [0.29, 0.717) is 28.0 Å². The maximum Gasteiger partial charge on any atom is 0.341 e. The summed E-state index contributed by atoms with van der Waals surface area (Å²) in [6.07, 6.45) is 0. The van der Waals surface area contributed by atoms with Crippen LogP contribution in [0.3, 0.4) is 0 Å². The van der Waals surface area contributed by atoms with Crippen LogP contribution >= 0.6 is 0 Å². The lowest BCUT2D eigenvalue weighted by Gasteiger charge is -2.09. The number of carboxylic acids is 1. The fourth-order valence-corrected chi connectivity index (χ4v) is 2.17. The number of carboxylic acid groups (broad SMARTS) is 1. The number of benzene rings is 2. The van der Waals surface area contributed by atoms with E-state index in [4.69, 9.17) is 14.3 Å². The van der Waals surface area contributed by atoms with Crippen molar-refractivity contribution in [1.29, 1.82) is 0 Å². The molecule has 0 fully saturated rings. The number of rotatable bonds is 4. The van der Waals surface area contributed by atoms with Crippen molar-refractivity contribution in [2.45, 2.75) is 0 Å².